The Hall–Kier alpha value is -1.96. The Balaban J connectivity index is 2.61. The predicted octanol–water partition coefficient (Wildman–Crippen LogP) is 2.26. The summed E-state index contributed by atoms with van der Waals surface area (Å²) in [5.74, 6) is 0.713. The number of aromatic nitrogens is 2. The highest BCUT2D eigenvalue weighted by Gasteiger charge is 2.18. The number of ether oxygens (including phenoxy) is 2. The van der Waals surface area contributed by atoms with E-state index in [0.29, 0.717) is 31.6 Å². The molecule has 0 aromatic carbocycles. The zero-order chi connectivity index (χ0) is 15.7. The van der Waals surface area contributed by atoms with E-state index in [4.69, 9.17) is 9.47 Å². The van der Waals surface area contributed by atoms with E-state index in [2.05, 4.69) is 15.3 Å². The normalized spacial score (nSPS) is 10.7. The fourth-order valence-corrected chi connectivity index (χ4v) is 1.43. The maximum Gasteiger partial charge on any atom is 0.349 e. The molecule has 0 aliphatic heterocycles. The van der Waals surface area contributed by atoms with Crippen molar-refractivity contribution in [2.45, 2.75) is 27.2 Å². The number of anilines is 1. The van der Waals surface area contributed by atoms with Crippen LogP contribution in [0.2, 0.25) is 0 Å². The Morgan fingerprint density at radius 1 is 1.43 bits per heavy atom. The molecule has 0 saturated carbocycles. The molecule has 0 atom stereocenters. The van der Waals surface area contributed by atoms with Crippen LogP contribution in [-0.2, 0) is 4.74 Å². The first-order valence-corrected chi connectivity index (χ1v) is 7.00. The number of nitro groups is 1. The Morgan fingerprint density at radius 3 is 2.81 bits per heavy atom. The third-order valence-electron chi connectivity index (χ3n) is 2.38. The average Bonchev–Trinajstić information content (AvgIpc) is 2.44. The molecular weight excluding hydrogens is 276 g/mol. The molecule has 1 heterocycles. The summed E-state index contributed by atoms with van der Waals surface area (Å²) in [5.41, 5.74) is -0.249. The van der Waals surface area contributed by atoms with Crippen molar-refractivity contribution < 1.29 is 14.4 Å². The van der Waals surface area contributed by atoms with Gasteiger partial charge in [0.25, 0.3) is 5.88 Å². The fourth-order valence-electron chi connectivity index (χ4n) is 1.43. The monoisotopic (exact) mass is 298 g/mol. The predicted molar refractivity (Wildman–Crippen MR) is 78.6 cm³/mol. The minimum Gasteiger partial charge on any atom is -0.470 e. The molecule has 8 heteroatoms. The number of hydrogen-bond acceptors (Lipinski definition) is 7. The van der Waals surface area contributed by atoms with Crippen molar-refractivity contribution >= 4 is 11.6 Å². The van der Waals surface area contributed by atoms with E-state index in [9.17, 15) is 10.1 Å². The molecule has 1 aromatic heterocycles. The highest BCUT2D eigenvalue weighted by atomic mass is 16.6. The molecule has 1 rings (SSSR count). The van der Waals surface area contributed by atoms with Crippen molar-refractivity contribution in [3.05, 3.63) is 16.3 Å². The second-order valence-corrected chi connectivity index (χ2v) is 4.89. The maximum absolute atomic E-state index is 10.9. The summed E-state index contributed by atoms with van der Waals surface area (Å²) in [5, 5.41) is 13.9. The quantitative estimate of drug-likeness (QED) is 0.401. The van der Waals surface area contributed by atoms with E-state index >= 15 is 0 Å². The van der Waals surface area contributed by atoms with Crippen LogP contribution in [0.15, 0.2) is 6.20 Å². The van der Waals surface area contributed by atoms with Gasteiger partial charge >= 0.3 is 5.69 Å². The second kappa shape index (κ2) is 9.06. The fraction of sp³-hybridized carbons (Fsp3) is 0.692. The van der Waals surface area contributed by atoms with Crippen LogP contribution >= 0.6 is 0 Å². The molecule has 0 unspecified atom stereocenters. The van der Waals surface area contributed by atoms with Crippen molar-refractivity contribution in [3.63, 3.8) is 0 Å². The van der Waals surface area contributed by atoms with Gasteiger partial charge in [-0.05, 0) is 12.3 Å². The lowest BCUT2D eigenvalue weighted by Crippen LogP contribution is -2.13. The molecule has 0 bridgehead atoms. The first-order chi connectivity index (χ1) is 10.0. The van der Waals surface area contributed by atoms with Gasteiger partial charge in [0.05, 0.1) is 11.5 Å². The molecule has 0 aliphatic rings. The Kier molecular flexibility index (Phi) is 7.38. The highest BCUT2D eigenvalue weighted by molar-refractivity contribution is 5.43. The van der Waals surface area contributed by atoms with E-state index in [1.807, 2.05) is 20.8 Å². The molecule has 1 aromatic rings. The van der Waals surface area contributed by atoms with E-state index in [1.54, 1.807) is 0 Å². The van der Waals surface area contributed by atoms with Crippen LogP contribution in [0.25, 0.3) is 0 Å². The Bertz CT molecular complexity index is 454. The molecule has 21 heavy (non-hydrogen) atoms. The second-order valence-electron chi connectivity index (χ2n) is 4.89. The number of nitrogens with zero attached hydrogens (tertiary/aromatic N) is 3. The molecule has 0 spiro atoms. The number of rotatable bonds is 10. The summed E-state index contributed by atoms with van der Waals surface area (Å²) < 4.78 is 10.7. The van der Waals surface area contributed by atoms with Crippen LogP contribution in [-0.4, -0.2) is 41.3 Å². The van der Waals surface area contributed by atoms with Gasteiger partial charge in [-0.1, -0.05) is 20.8 Å². The highest BCUT2D eigenvalue weighted by Crippen LogP contribution is 2.24. The maximum atomic E-state index is 10.9. The summed E-state index contributed by atoms with van der Waals surface area (Å²) in [4.78, 5) is 18.3. The number of hydrogen-bond donors (Lipinski definition) is 1. The molecule has 8 nitrogen and oxygen atoms in total. The van der Waals surface area contributed by atoms with E-state index in [0.717, 1.165) is 12.6 Å². The topological polar surface area (TPSA) is 99.4 Å². The van der Waals surface area contributed by atoms with Crippen LogP contribution in [0.5, 0.6) is 5.88 Å². The minimum absolute atomic E-state index is 0.0400. The summed E-state index contributed by atoms with van der Waals surface area (Å²) >= 11 is 0. The van der Waals surface area contributed by atoms with Gasteiger partial charge in [0, 0.05) is 13.2 Å². The summed E-state index contributed by atoms with van der Waals surface area (Å²) in [6.45, 7) is 7.97. The molecule has 0 saturated heterocycles. The van der Waals surface area contributed by atoms with Crippen molar-refractivity contribution in [3.8, 4) is 5.88 Å². The third kappa shape index (κ3) is 6.35. The van der Waals surface area contributed by atoms with Crippen molar-refractivity contribution in [2.75, 3.05) is 31.7 Å². The Morgan fingerprint density at radius 2 is 2.19 bits per heavy atom. The average molecular weight is 298 g/mol. The van der Waals surface area contributed by atoms with Crippen molar-refractivity contribution in [2.24, 2.45) is 5.92 Å². The third-order valence-corrected chi connectivity index (χ3v) is 2.38. The lowest BCUT2D eigenvalue weighted by Gasteiger charge is -2.09. The first kappa shape index (κ1) is 17.1. The zero-order valence-corrected chi connectivity index (χ0v) is 12.7. The zero-order valence-electron chi connectivity index (χ0n) is 12.7. The van der Waals surface area contributed by atoms with Crippen LogP contribution < -0.4 is 10.1 Å². The van der Waals surface area contributed by atoms with Crippen LogP contribution in [0.1, 0.15) is 27.2 Å². The number of nitrogens with one attached hydrogen (secondary N) is 1. The van der Waals surface area contributed by atoms with E-state index in [-0.39, 0.29) is 18.2 Å². The van der Waals surface area contributed by atoms with Gasteiger partial charge in [-0.3, -0.25) is 10.1 Å². The first-order valence-electron chi connectivity index (χ1n) is 7.00. The summed E-state index contributed by atoms with van der Waals surface area (Å²) in [6, 6.07) is 0. The molecule has 0 fully saturated rings. The SMILES string of the molecule is CCCNc1ncc([N+](=O)[O-])c(OCCOCC(C)C)n1. The van der Waals surface area contributed by atoms with Gasteiger partial charge in [-0.2, -0.15) is 4.98 Å². The van der Waals surface area contributed by atoms with Crippen LogP contribution in [0, 0.1) is 16.0 Å². The molecule has 118 valence electrons. The smallest absolute Gasteiger partial charge is 0.349 e. The Labute approximate surface area is 124 Å². The van der Waals surface area contributed by atoms with Gasteiger partial charge in [0.2, 0.25) is 5.95 Å². The molecule has 0 radical (unpaired) electrons. The van der Waals surface area contributed by atoms with Crippen LogP contribution in [0.4, 0.5) is 11.6 Å². The standard InChI is InChI=1S/C13H22N4O4/c1-4-5-14-13-15-8-11(17(18)19)12(16-13)21-7-6-20-9-10(2)3/h8,10H,4-7,9H2,1-3H3,(H,14,15,16). The van der Waals surface area contributed by atoms with Gasteiger partial charge in [0.15, 0.2) is 0 Å². The molecular formula is C13H22N4O4. The lowest BCUT2D eigenvalue weighted by molar-refractivity contribution is -0.386. The molecule has 1 N–H and O–H groups in total. The van der Waals surface area contributed by atoms with Crippen LogP contribution in [0.3, 0.4) is 0 Å². The van der Waals surface area contributed by atoms with Gasteiger partial charge < -0.3 is 14.8 Å². The van der Waals surface area contributed by atoms with Gasteiger partial charge in [-0.25, -0.2) is 4.98 Å². The van der Waals surface area contributed by atoms with E-state index in [1.165, 1.54) is 0 Å². The van der Waals surface area contributed by atoms with Gasteiger partial charge in [-0.15, -0.1) is 0 Å². The molecule has 0 aliphatic carbocycles. The van der Waals surface area contributed by atoms with E-state index < -0.39 is 4.92 Å². The lowest BCUT2D eigenvalue weighted by atomic mass is 10.2. The minimum atomic E-state index is -0.562. The van der Waals surface area contributed by atoms with Crippen molar-refractivity contribution in [1.82, 2.24) is 9.97 Å². The van der Waals surface area contributed by atoms with Gasteiger partial charge in [0.1, 0.15) is 12.8 Å². The van der Waals surface area contributed by atoms with Crippen molar-refractivity contribution in [1.29, 1.82) is 0 Å². The summed E-state index contributed by atoms with van der Waals surface area (Å²) in [7, 11) is 0. The largest absolute Gasteiger partial charge is 0.470 e. The molecule has 0 amide bonds. The summed E-state index contributed by atoms with van der Waals surface area (Å²) in [6.07, 6.45) is 2.05.